The summed E-state index contributed by atoms with van der Waals surface area (Å²) in [6.07, 6.45) is 0.123. The van der Waals surface area contributed by atoms with Crippen molar-refractivity contribution in [2.45, 2.75) is 37.2 Å². The fourth-order valence-electron chi connectivity index (χ4n) is 3.27. The first kappa shape index (κ1) is 21.4. The molecule has 31 heavy (non-hydrogen) atoms. The summed E-state index contributed by atoms with van der Waals surface area (Å²) in [6, 6.07) is 23.4. The monoisotopic (exact) mass is 437 g/mol. The van der Waals surface area contributed by atoms with Crippen LogP contribution in [-0.4, -0.2) is 27.7 Å². The average Bonchev–Trinajstić information content (AvgIpc) is 3.57. The van der Waals surface area contributed by atoms with Gasteiger partial charge < -0.3 is 9.47 Å². The molecular formula is C25H27NO4S. The number of para-hydroxylation sites is 1. The lowest BCUT2D eigenvalue weighted by molar-refractivity contribution is 0.263. The molecule has 3 aromatic carbocycles. The molecule has 0 aromatic heterocycles. The number of anilines is 2. The van der Waals surface area contributed by atoms with Gasteiger partial charge in [0.15, 0.2) is 0 Å². The molecule has 0 N–H and O–H groups in total. The number of hydrogen-bond acceptors (Lipinski definition) is 4. The fourth-order valence-corrected chi connectivity index (χ4v) is 4.80. The van der Waals surface area contributed by atoms with Gasteiger partial charge in [0.2, 0.25) is 0 Å². The van der Waals surface area contributed by atoms with E-state index < -0.39 is 10.0 Å². The predicted octanol–water partition coefficient (Wildman–Crippen LogP) is 5.29. The Morgan fingerprint density at radius 2 is 1.61 bits per heavy atom. The molecule has 1 heterocycles. The summed E-state index contributed by atoms with van der Waals surface area (Å²) < 4.78 is 40.1. The van der Waals surface area contributed by atoms with Gasteiger partial charge in [-0.2, -0.15) is 0 Å². The van der Waals surface area contributed by atoms with Crippen molar-refractivity contribution in [2.75, 3.05) is 17.5 Å². The molecule has 0 saturated carbocycles. The first-order chi connectivity index (χ1) is 14.7. The molecule has 4 rings (SSSR count). The summed E-state index contributed by atoms with van der Waals surface area (Å²) in [4.78, 5) is 0.251. The van der Waals surface area contributed by atoms with E-state index >= 15 is 0 Å². The lowest BCUT2D eigenvalue weighted by atomic mass is 9.87. The van der Waals surface area contributed by atoms with Gasteiger partial charge in [0.1, 0.15) is 18.5 Å². The molecule has 1 atom stereocenters. The molecule has 0 spiro atoms. The van der Waals surface area contributed by atoms with Crippen LogP contribution in [0, 0.1) is 0 Å². The van der Waals surface area contributed by atoms with E-state index in [-0.39, 0.29) is 16.4 Å². The van der Waals surface area contributed by atoms with Crippen molar-refractivity contribution < 1.29 is 17.9 Å². The Labute approximate surface area is 184 Å². The maximum atomic E-state index is 13.9. The number of hydrogen-bond donors (Lipinski definition) is 0. The van der Waals surface area contributed by atoms with Crippen molar-refractivity contribution in [3.05, 3.63) is 84.4 Å². The highest BCUT2D eigenvalue weighted by atomic mass is 32.2. The zero-order valence-electron chi connectivity index (χ0n) is 18.0. The van der Waals surface area contributed by atoms with Gasteiger partial charge in [-0.1, -0.05) is 57.2 Å². The van der Waals surface area contributed by atoms with Crippen molar-refractivity contribution in [2.24, 2.45) is 0 Å². The SMILES string of the molecule is CC(C)(C)c1cccc(S(=O)(=O)N(c2ccccc2)c2cccc(OCC3CO3)c2)c1. The third-order valence-electron chi connectivity index (χ3n) is 5.12. The lowest BCUT2D eigenvalue weighted by Gasteiger charge is -2.26. The van der Waals surface area contributed by atoms with Crippen LogP contribution in [0.2, 0.25) is 0 Å². The first-order valence-electron chi connectivity index (χ1n) is 10.3. The van der Waals surface area contributed by atoms with E-state index in [9.17, 15) is 8.42 Å². The highest BCUT2D eigenvalue weighted by Gasteiger charge is 2.29. The van der Waals surface area contributed by atoms with Crippen LogP contribution in [0.25, 0.3) is 0 Å². The topological polar surface area (TPSA) is 59.1 Å². The van der Waals surface area contributed by atoms with Crippen LogP contribution in [0.15, 0.2) is 83.8 Å². The zero-order valence-corrected chi connectivity index (χ0v) is 18.8. The Hall–Kier alpha value is -2.83. The highest BCUT2D eigenvalue weighted by Crippen LogP contribution is 2.35. The molecule has 1 unspecified atom stereocenters. The van der Waals surface area contributed by atoms with Crippen molar-refractivity contribution in [1.82, 2.24) is 0 Å². The summed E-state index contributed by atoms with van der Waals surface area (Å²) >= 11 is 0. The van der Waals surface area contributed by atoms with Gasteiger partial charge in [-0.05, 0) is 47.4 Å². The molecule has 0 aliphatic carbocycles. The van der Waals surface area contributed by atoms with E-state index in [0.717, 1.165) is 5.56 Å². The van der Waals surface area contributed by atoms with E-state index in [0.29, 0.717) is 30.3 Å². The number of sulfonamides is 1. The molecular weight excluding hydrogens is 410 g/mol. The quantitative estimate of drug-likeness (QED) is 0.471. The van der Waals surface area contributed by atoms with Gasteiger partial charge >= 0.3 is 0 Å². The van der Waals surface area contributed by atoms with Crippen LogP contribution < -0.4 is 9.04 Å². The minimum atomic E-state index is -3.87. The fraction of sp³-hybridized carbons (Fsp3) is 0.280. The second-order valence-electron chi connectivity index (χ2n) is 8.65. The van der Waals surface area contributed by atoms with Crippen molar-refractivity contribution in [3.8, 4) is 5.75 Å². The molecule has 0 radical (unpaired) electrons. The Balaban J connectivity index is 1.78. The number of rotatable bonds is 7. The Morgan fingerprint density at radius 3 is 2.29 bits per heavy atom. The predicted molar refractivity (Wildman–Crippen MR) is 123 cm³/mol. The van der Waals surface area contributed by atoms with E-state index in [1.165, 1.54) is 4.31 Å². The van der Waals surface area contributed by atoms with Crippen molar-refractivity contribution >= 4 is 21.4 Å². The second kappa shape index (κ2) is 8.36. The van der Waals surface area contributed by atoms with Gasteiger partial charge in [0, 0.05) is 6.07 Å². The van der Waals surface area contributed by atoms with Gasteiger partial charge in [-0.15, -0.1) is 0 Å². The number of benzene rings is 3. The van der Waals surface area contributed by atoms with E-state index in [2.05, 4.69) is 20.8 Å². The summed E-state index contributed by atoms with van der Waals surface area (Å²) in [5.41, 5.74) is 1.87. The molecule has 1 aliphatic heterocycles. The largest absolute Gasteiger partial charge is 0.491 e. The highest BCUT2D eigenvalue weighted by molar-refractivity contribution is 7.93. The molecule has 1 aliphatic rings. The first-order valence-corrected chi connectivity index (χ1v) is 11.7. The van der Waals surface area contributed by atoms with Crippen LogP contribution in [0.4, 0.5) is 11.4 Å². The molecule has 0 amide bonds. The minimum absolute atomic E-state index is 0.123. The summed E-state index contributed by atoms with van der Waals surface area (Å²) in [6.45, 7) is 7.36. The van der Waals surface area contributed by atoms with Gasteiger partial charge in [0.25, 0.3) is 10.0 Å². The van der Waals surface area contributed by atoms with Gasteiger partial charge in [0.05, 0.1) is 22.9 Å². The number of ether oxygens (including phenoxy) is 2. The number of epoxide rings is 1. The zero-order chi connectivity index (χ0) is 22.1. The van der Waals surface area contributed by atoms with Crippen LogP contribution >= 0.6 is 0 Å². The number of nitrogens with zero attached hydrogens (tertiary/aromatic N) is 1. The van der Waals surface area contributed by atoms with E-state index in [1.807, 2.05) is 30.3 Å². The maximum Gasteiger partial charge on any atom is 0.268 e. The third-order valence-corrected chi connectivity index (χ3v) is 6.87. The summed E-state index contributed by atoms with van der Waals surface area (Å²) in [5.74, 6) is 0.604. The normalized spacial score (nSPS) is 16.0. The summed E-state index contributed by atoms with van der Waals surface area (Å²) in [7, 11) is -3.87. The van der Waals surface area contributed by atoms with Crippen LogP contribution in [0.5, 0.6) is 5.75 Å². The van der Waals surface area contributed by atoms with Crippen molar-refractivity contribution in [3.63, 3.8) is 0 Å². The van der Waals surface area contributed by atoms with Crippen LogP contribution in [0.3, 0.4) is 0 Å². The van der Waals surface area contributed by atoms with Crippen molar-refractivity contribution in [1.29, 1.82) is 0 Å². The third kappa shape index (κ3) is 4.92. The van der Waals surface area contributed by atoms with Crippen LogP contribution in [0.1, 0.15) is 26.3 Å². The van der Waals surface area contributed by atoms with Crippen LogP contribution in [-0.2, 0) is 20.2 Å². The molecule has 3 aromatic rings. The smallest absolute Gasteiger partial charge is 0.268 e. The van der Waals surface area contributed by atoms with Gasteiger partial charge in [-0.25, -0.2) is 12.7 Å². The summed E-state index contributed by atoms with van der Waals surface area (Å²) in [5, 5.41) is 0. The molecule has 1 fully saturated rings. The van der Waals surface area contributed by atoms with E-state index in [1.54, 1.807) is 48.5 Å². The molecule has 6 heteroatoms. The van der Waals surface area contributed by atoms with Gasteiger partial charge in [-0.3, -0.25) is 0 Å². The minimum Gasteiger partial charge on any atom is -0.491 e. The Bertz CT molecular complexity index is 1150. The van der Waals surface area contributed by atoms with E-state index in [4.69, 9.17) is 9.47 Å². The molecule has 162 valence electrons. The molecule has 5 nitrogen and oxygen atoms in total. The second-order valence-corrected chi connectivity index (χ2v) is 10.4. The molecule has 0 bridgehead atoms. The molecule has 1 saturated heterocycles. The Kier molecular flexibility index (Phi) is 5.77. The average molecular weight is 438 g/mol. The standard InChI is InChI=1S/C25H27NO4S/c1-25(2,3)19-9-7-14-24(15-19)31(27,28)26(20-10-5-4-6-11-20)21-12-8-13-22(16-21)29-17-23-18-30-23/h4-16,23H,17-18H2,1-3H3. The maximum absolute atomic E-state index is 13.9. The Morgan fingerprint density at radius 1 is 0.935 bits per heavy atom. The lowest BCUT2D eigenvalue weighted by Crippen LogP contribution is -2.26.